The van der Waals surface area contributed by atoms with Crippen molar-refractivity contribution >= 4 is 40.6 Å². The molecule has 0 saturated carbocycles. The first-order valence-corrected chi connectivity index (χ1v) is 17.4. The number of nitro benzene ring substituents is 1. The lowest BCUT2D eigenvalue weighted by molar-refractivity contribution is -0.384. The molecule has 20 heteroatoms. The Morgan fingerprint density at radius 2 is 1.31 bits per heavy atom. The minimum Gasteiger partial charge on any atom is -0.463 e. The van der Waals surface area contributed by atoms with Crippen molar-refractivity contribution in [2.45, 2.75) is 45.3 Å². The molecular weight excluding hydrogens is 716 g/mol. The van der Waals surface area contributed by atoms with Crippen LogP contribution >= 0.6 is 0 Å². The summed E-state index contributed by atoms with van der Waals surface area (Å²) in [4.78, 5) is 63.6. The Hall–Kier alpha value is -4.86. The first-order valence-electron chi connectivity index (χ1n) is 17.4. The van der Waals surface area contributed by atoms with Crippen molar-refractivity contribution in [3.63, 3.8) is 0 Å². The molecule has 0 amide bonds. The van der Waals surface area contributed by atoms with Crippen LogP contribution < -0.4 is 4.90 Å². The van der Waals surface area contributed by atoms with Gasteiger partial charge < -0.3 is 47.5 Å². The SMILES string of the molecule is CC(=O)OC[C@H]1O[C@@H](n2c(-c3ccc([N+](=O)[O-])cc3)nc3c(N4CCOCCOCCOCCOCCOCC4)ncnc32)[C@H](OC(C)=O)[C@@H]1OC(C)=O. The highest BCUT2D eigenvalue weighted by Crippen LogP contribution is 2.40. The number of fused-ring (bicyclic) bond motifs is 1. The van der Waals surface area contributed by atoms with E-state index < -0.39 is 47.4 Å². The number of imidazole rings is 1. The maximum Gasteiger partial charge on any atom is 0.303 e. The number of esters is 3. The van der Waals surface area contributed by atoms with Crippen molar-refractivity contribution in [1.82, 2.24) is 19.5 Å². The van der Waals surface area contributed by atoms with Crippen molar-refractivity contribution in [3.05, 3.63) is 40.7 Å². The number of hydrogen-bond donors (Lipinski definition) is 0. The zero-order valence-corrected chi connectivity index (χ0v) is 30.3. The number of nitro groups is 1. The van der Waals surface area contributed by atoms with Crippen LogP contribution in [0.25, 0.3) is 22.6 Å². The van der Waals surface area contributed by atoms with Crippen LogP contribution in [0.3, 0.4) is 0 Å². The molecule has 294 valence electrons. The van der Waals surface area contributed by atoms with Crippen LogP contribution in [0.4, 0.5) is 11.5 Å². The highest BCUT2D eigenvalue weighted by Gasteiger charge is 2.52. The van der Waals surface area contributed by atoms with Crippen molar-refractivity contribution in [1.29, 1.82) is 0 Å². The Labute approximate surface area is 310 Å². The maximum absolute atomic E-state index is 12.5. The van der Waals surface area contributed by atoms with Crippen molar-refractivity contribution in [2.75, 3.05) is 90.7 Å². The number of aromatic nitrogens is 4. The summed E-state index contributed by atoms with van der Waals surface area (Å²) < 4.78 is 52.9. The number of carbonyl (C=O) groups is 3. The average molecular weight is 761 g/mol. The second kappa shape index (κ2) is 20.0. The Morgan fingerprint density at radius 3 is 1.83 bits per heavy atom. The van der Waals surface area contributed by atoms with Gasteiger partial charge in [-0.1, -0.05) is 0 Å². The number of nitrogens with zero attached hydrogens (tertiary/aromatic N) is 6. The third kappa shape index (κ3) is 10.9. The predicted molar refractivity (Wildman–Crippen MR) is 185 cm³/mol. The van der Waals surface area contributed by atoms with Gasteiger partial charge in [0.2, 0.25) is 0 Å². The Morgan fingerprint density at radius 1 is 0.778 bits per heavy atom. The fourth-order valence-electron chi connectivity index (χ4n) is 5.86. The van der Waals surface area contributed by atoms with Gasteiger partial charge in [0.15, 0.2) is 35.4 Å². The summed E-state index contributed by atoms with van der Waals surface area (Å²) in [5, 5.41) is 11.5. The Kier molecular flexibility index (Phi) is 14.9. The first kappa shape index (κ1) is 40.3. The number of hydrogen-bond acceptors (Lipinski definition) is 18. The van der Waals surface area contributed by atoms with Gasteiger partial charge in [0.1, 0.15) is 24.9 Å². The lowest BCUT2D eigenvalue weighted by Gasteiger charge is -2.25. The maximum atomic E-state index is 12.5. The molecular formula is C34H44N6O14. The van der Waals surface area contributed by atoms with Crippen molar-refractivity contribution in [2.24, 2.45) is 0 Å². The van der Waals surface area contributed by atoms with Gasteiger partial charge in [-0.15, -0.1) is 0 Å². The Bertz CT molecular complexity index is 1700. The van der Waals surface area contributed by atoms with E-state index in [1.807, 2.05) is 4.90 Å². The molecule has 0 spiro atoms. The number of benzene rings is 1. The smallest absolute Gasteiger partial charge is 0.303 e. The molecule has 5 rings (SSSR count). The third-order valence-electron chi connectivity index (χ3n) is 8.19. The largest absolute Gasteiger partial charge is 0.463 e. The van der Waals surface area contributed by atoms with E-state index in [2.05, 4.69) is 9.97 Å². The molecule has 2 saturated heterocycles. The van der Waals surface area contributed by atoms with Gasteiger partial charge >= 0.3 is 17.9 Å². The van der Waals surface area contributed by atoms with Gasteiger partial charge in [0, 0.05) is 51.6 Å². The van der Waals surface area contributed by atoms with Gasteiger partial charge in [0.05, 0.1) is 71.0 Å². The molecule has 0 aliphatic carbocycles. The first-order chi connectivity index (χ1) is 26.1. The van der Waals surface area contributed by atoms with Gasteiger partial charge in [-0.05, 0) is 12.1 Å². The van der Waals surface area contributed by atoms with E-state index in [4.69, 9.17) is 47.6 Å². The predicted octanol–water partition coefficient (Wildman–Crippen LogP) is 1.63. The lowest BCUT2D eigenvalue weighted by Crippen LogP contribution is -2.40. The summed E-state index contributed by atoms with van der Waals surface area (Å²) in [5.41, 5.74) is 0.799. The highest BCUT2D eigenvalue weighted by molar-refractivity contribution is 5.87. The van der Waals surface area contributed by atoms with E-state index in [-0.39, 0.29) is 23.8 Å². The molecule has 3 aromatic rings. The molecule has 1 aromatic carbocycles. The Balaban J connectivity index is 1.58. The minimum absolute atomic E-state index is 0.152. The van der Waals surface area contributed by atoms with Gasteiger partial charge in [-0.3, -0.25) is 29.1 Å². The normalized spacial score (nSPS) is 22.5. The summed E-state index contributed by atoms with van der Waals surface area (Å²) in [5.74, 6) is -1.39. The fraction of sp³-hybridized carbons (Fsp3) is 0.588. The van der Waals surface area contributed by atoms with Crippen LogP contribution in [-0.4, -0.2) is 146 Å². The summed E-state index contributed by atoms with van der Waals surface area (Å²) in [6, 6.07) is 5.65. The molecule has 4 atom stereocenters. The van der Waals surface area contributed by atoms with Crippen LogP contribution in [0.15, 0.2) is 30.6 Å². The summed E-state index contributed by atoms with van der Waals surface area (Å²) in [6.07, 6.45) is -3.46. The highest BCUT2D eigenvalue weighted by atomic mass is 16.7. The minimum atomic E-state index is -1.27. The molecule has 0 radical (unpaired) electrons. The molecule has 54 heavy (non-hydrogen) atoms. The monoisotopic (exact) mass is 760 g/mol. The zero-order chi connectivity index (χ0) is 38.5. The molecule has 20 nitrogen and oxygen atoms in total. The lowest BCUT2D eigenvalue weighted by atomic mass is 10.1. The molecule has 0 N–H and O–H groups in total. The molecule has 0 unspecified atom stereocenters. The average Bonchev–Trinajstić information content (AvgIpc) is 3.67. The molecule has 4 heterocycles. The third-order valence-corrected chi connectivity index (χ3v) is 8.19. The number of non-ortho nitro benzene ring substituents is 1. The fourth-order valence-corrected chi connectivity index (χ4v) is 5.86. The number of ether oxygens (including phenoxy) is 9. The van der Waals surface area contributed by atoms with E-state index in [1.165, 1.54) is 51.4 Å². The second-order valence-corrected chi connectivity index (χ2v) is 12.0. The number of rotatable bonds is 8. The van der Waals surface area contributed by atoms with Crippen LogP contribution in [0.1, 0.15) is 27.0 Å². The van der Waals surface area contributed by atoms with E-state index >= 15 is 0 Å². The van der Waals surface area contributed by atoms with Crippen LogP contribution in [-0.2, 0) is 57.0 Å². The summed E-state index contributed by atoms with van der Waals surface area (Å²) in [6.45, 7) is 7.75. The van der Waals surface area contributed by atoms with E-state index in [9.17, 15) is 24.5 Å². The standard InChI is InChI=1S/C34H44N6O14/c1-22(41)51-20-27-29(52-23(2)42)30(53-24(3)43)34(54-27)39-31(25-4-6-26(7-5-25)40(44)45)37-28-32(35-21-36-33(28)39)38-8-10-46-12-14-48-16-18-50-19-17-49-15-13-47-11-9-38/h4-7,21,27,29-30,34H,8-20H2,1-3H3/t27-,29-,30-,34-/m1/s1. The topological polar surface area (TPSA) is 224 Å². The molecule has 0 bridgehead atoms. The molecule has 2 fully saturated rings. The van der Waals surface area contributed by atoms with Crippen molar-refractivity contribution in [3.8, 4) is 11.4 Å². The van der Waals surface area contributed by atoms with E-state index in [1.54, 1.807) is 4.57 Å². The van der Waals surface area contributed by atoms with Gasteiger partial charge in [-0.25, -0.2) is 15.0 Å². The quantitative estimate of drug-likeness (QED) is 0.138. The molecule has 2 aromatic heterocycles. The van der Waals surface area contributed by atoms with Crippen molar-refractivity contribution < 1.29 is 61.9 Å². The van der Waals surface area contributed by atoms with Gasteiger partial charge in [0.25, 0.3) is 5.69 Å². The molecule has 2 aliphatic rings. The summed E-state index contributed by atoms with van der Waals surface area (Å²) in [7, 11) is 0. The second-order valence-electron chi connectivity index (χ2n) is 12.0. The summed E-state index contributed by atoms with van der Waals surface area (Å²) >= 11 is 0. The number of carbonyl (C=O) groups excluding carboxylic acids is 3. The van der Waals surface area contributed by atoms with Gasteiger partial charge in [-0.2, -0.15) is 0 Å². The number of anilines is 1. The van der Waals surface area contributed by atoms with E-state index in [0.29, 0.717) is 96.1 Å². The van der Waals surface area contributed by atoms with Crippen LogP contribution in [0.5, 0.6) is 0 Å². The van der Waals surface area contributed by atoms with E-state index in [0.717, 1.165) is 0 Å². The molecule has 2 aliphatic heterocycles. The zero-order valence-electron chi connectivity index (χ0n) is 30.3. The van der Waals surface area contributed by atoms with Crippen LogP contribution in [0.2, 0.25) is 0 Å². The van der Waals surface area contributed by atoms with Crippen LogP contribution in [0, 0.1) is 10.1 Å².